The molecule has 0 amide bonds. The lowest BCUT2D eigenvalue weighted by Gasteiger charge is -2.19. The summed E-state index contributed by atoms with van der Waals surface area (Å²) in [5, 5.41) is 12.3. The molecule has 0 aromatic carbocycles. The zero-order valence-corrected chi connectivity index (χ0v) is 11.6. The van der Waals surface area contributed by atoms with Gasteiger partial charge in [-0.15, -0.1) is 0 Å². The zero-order chi connectivity index (χ0) is 13.5. The lowest BCUT2D eigenvalue weighted by atomic mass is 10.1. The van der Waals surface area contributed by atoms with Crippen LogP contribution in [0.3, 0.4) is 0 Å². The third kappa shape index (κ3) is 4.62. The molecule has 1 aromatic heterocycles. The predicted molar refractivity (Wildman–Crippen MR) is 70.0 cm³/mol. The molecule has 2 N–H and O–H groups in total. The van der Waals surface area contributed by atoms with Crippen molar-refractivity contribution in [1.29, 1.82) is 0 Å². The summed E-state index contributed by atoms with van der Waals surface area (Å²) >= 11 is 5.79. The van der Waals surface area contributed by atoms with E-state index in [9.17, 15) is 5.11 Å². The Morgan fingerprint density at radius 1 is 1.33 bits per heavy atom. The number of ether oxygens (including phenoxy) is 1. The van der Waals surface area contributed by atoms with E-state index in [2.05, 4.69) is 20.3 Å². The Hall–Kier alpha value is -1.14. The van der Waals surface area contributed by atoms with Crippen LogP contribution >= 0.6 is 11.6 Å². The van der Waals surface area contributed by atoms with Gasteiger partial charge in [0, 0.05) is 0 Å². The van der Waals surface area contributed by atoms with Crippen molar-refractivity contribution in [2.75, 3.05) is 18.5 Å². The monoisotopic (exact) mass is 274 g/mol. The fourth-order valence-corrected chi connectivity index (χ4v) is 1.40. The molecule has 1 heterocycles. The second-order valence-electron chi connectivity index (χ2n) is 4.24. The lowest BCUT2D eigenvalue weighted by molar-refractivity contribution is 0.248. The van der Waals surface area contributed by atoms with Gasteiger partial charge in [0.2, 0.25) is 11.2 Å². The average Bonchev–Trinajstić information content (AvgIpc) is 2.32. The fourth-order valence-electron chi connectivity index (χ4n) is 1.24. The van der Waals surface area contributed by atoms with E-state index in [4.69, 9.17) is 16.3 Å². The van der Waals surface area contributed by atoms with Crippen LogP contribution in [-0.2, 0) is 0 Å². The molecule has 0 bridgehead atoms. The van der Waals surface area contributed by atoms with Crippen LogP contribution in [-0.4, -0.2) is 39.3 Å². The molecule has 18 heavy (non-hydrogen) atoms. The standard InChI is InChI=1S/C11H19ClN4O2/c1-4-5-18-11-15-9(12)14-10(16-11)13-8(6-17)7(2)3/h7-8,17H,4-6H2,1-3H3,(H,13,14,15,16). The SMILES string of the molecule is CCCOc1nc(Cl)nc(NC(CO)C(C)C)n1. The normalized spacial score (nSPS) is 12.6. The van der Waals surface area contributed by atoms with E-state index in [1.165, 1.54) is 0 Å². The van der Waals surface area contributed by atoms with Crippen LogP contribution in [0.2, 0.25) is 5.28 Å². The van der Waals surface area contributed by atoms with Crippen molar-refractivity contribution in [3.8, 4) is 6.01 Å². The van der Waals surface area contributed by atoms with Crippen molar-refractivity contribution in [2.45, 2.75) is 33.2 Å². The largest absolute Gasteiger partial charge is 0.463 e. The van der Waals surface area contributed by atoms with Gasteiger partial charge in [-0.3, -0.25) is 0 Å². The Balaban J connectivity index is 2.78. The molecule has 102 valence electrons. The molecule has 0 aliphatic heterocycles. The average molecular weight is 275 g/mol. The van der Waals surface area contributed by atoms with E-state index in [0.29, 0.717) is 12.6 Å². The molecule has 0 saturated heterocycles. The topological polar surface area (TPSA) is 80.2 Å². The maximum absolute atomic E-state index is 9.24. The van der Waals surface area contributed by atoms with Crippen LogP contribution in [0.25, 0.3) is 0 Å². The summed E-state index contributed by atoms with van der Waals surface area (Å²) in [6.45, 7) is 6.48. The van der Waals surface area contributed by atoms with Crippen molar-refractivity contribution in [3.05, 3.63) is 5.28 Å². The molecule has 0 fully saturated rings. The molecule has 0 aliphatic carbocycles. The van der Waals surface area contributed by atoms with Gasteiger partial charge in [0.05, 0.1) is 19.3 Å². The third-order valence-corrected chi connectivity index (χ3v) is 2.51. The highest BCUT2D eigenvalue weighted by Crippen LogP contribution is 2.14. The van der Waals surface area contributed by atoms with Gasteiger partial charge in [0.15, 0.2) is 0 Å². The fraction of sp³-hybridized carbons (Fsp3) is 0.727. The number of hydrogen-bond donors (Lipinski definition) is 2. The van der Waals surface area contributed by atoms with Crippen molar-refractivity contribution in [1.82, 2.24) is 15.0 Å². The van der Waals surface area contributed by atoms with Gasteiger partial charge in [-0.25, -0.2) is 0 Å². The highest BCUT2D eigenvalue weighted by molar-refractivity contribution is 6.28. The van der Waals surface area contributed by atoms with E-state index >= 15 is 0 Å². The van der Waals surface area contributed by atoms with Crippen LogP contribution in [0.1, 0.15) is 27.2 Å². The summed E-state index contributed by atoms with van der Waals surface area (Å²) < 4.78 is 5.30. The van der Waals surface area contributed by atoms with Crippen molar-refractivity contribution >= 4 is 17.5 Å². The van der Waals surface area contributed by atoms with Crippen molar-refractivity contribution in [2.24, 2.45) is 5.92 Å². The summed E-state index contributed by atoms with van der Waals surface area (Å²) in [7, 11) is 0. The van der Waals surface area contributed by atoms with Crippen LogP contribution in [0, 0.1) is 5.92 Å². The molecule has 0 spiro atoms. The predicted octanol–water partition coefficient (Wildman–Crippen LogP) is 1.74. The summed E-state index contributed by atoms with van der Waals surface area (Å²) in [6, 6.07) is 0.0577. The zero-order valence-electron chi connectivity index (χ0n) is 10.9. The molecule has 7 heteroatoms. The first-order valence-electron chi connectivity index (χ1n) is 5.98. The summed E-state index contributed by atoms with van der Waals surface area (Å²) in [4.78, 5) is 11.9. The van der Waals surface area contributed by atoms with Gasteiger partial charge in [-0.05, 0) is 23.9 Å². The Bertz CT molecular complexity index is 376. The Labute approximate surface area is 112 Å². The first-order valence-corrected chi connectivity index (χ1v) is 6.36. The number of aliphatic hydroxyl groups excluding tert-OH is 1. The van der Waals surface area contributed by atoms with Gasteiger partial charge in [-0.2, -0.15) is 15.0 Å². The van der Waals surface area contributed by atoms with E-state index in [1.54, 1.807) is 0 Å². The van der Waals surface area contributed by atoms with Gasteiger partial charge < -0.3 is 15.2 Å². The molecule has 1 unspecified atom stereocenters. The number of anilines is 1. The molecular formula is C11H19ClN4O2. The van der Waals surface area contributed by atoms with Crippen molar-refractivity contribution < 1.29 is 9.84 Å². The van der Waals surface area contributed by atoms with Crippen molar-refractivity contribution in [3.63, 3.8) is 0 Å². The molecule has 1 atom stereocenters. The van der Waals surface area contributed by atoms with Crippen LogP contribution in [0.5, 0.6) is 6.01 Å². The number of aliphatic hydroxyl groups is 1. The molecule has 0 radical (unpaired) electrons. The highest BCUT2D eigenvalue weighted by Gasteiger charge is 2.14. The van der Waals surface area contributed by atoms with E-state index in [1.807, 2.05) is 20.8 Å². The Morgan fingerprint density at radius 2 is 2.06 bits per heavy atom. The quantitative estimate of drug-likeness (QED) is 0.788. The maximum atomic E-state index is 9.24. The molecule has 0 saturated carbocycles. The van der Waals surface area contributed by atoms with Gasteiger partial charge >= 0.3 is 6.01 Å². The minimum atomic E-state index is -0.137. The van der Waals surface area contributed by atoms with Crippen LogP contribution in [0.15, 0.2) is 0 Å². The number of hydrogen-bond acceptors (Lipinski definition) is 6. The van der Waals surface area contributed by atoms with E-state index in [0.717, 1.165) is 6.42 Å². The van der Waals surface area contributed by atoms with Crippen LogP contribution in [0.4, 0.5) is 5.95 Å². The Morgan fingerprint density at radius 3 is 2.61 bits per heavy atom. The number of nitrogens with zero attached hydrogens (tertiary/aromatic N) is 3. The minimum Gasteiger partial charge on any atom is -0.463 e. The molecule has 1 aromatic rings. The first kappa shape index (κ1) is 14.9. The summed E-state index contributed by atoms with van der Waals surface area (Å²) in [6.07, 6.45) is 0.858. The molecule has 6 nitrogen and oxygen atoms in total. The van der Waals surface area contributed by atoms with Gasteiger partial charge in [0.25, 0.3) is 0 Å². The number of rotatable bonds is 7. The summed E-state index contributed by atoms with van der Waals surface area (Å²) in [5.74, 6) is 0.555. The van der Waals surface area contributed by atoms with E-state index < -0.39 is 0 Å². The minimum absolute atomic E-state index is 0.00782. The van der Waals surface area contributed by atoms with Gasteiger partial charge in [-0.1, -0.05) is 20.8 Å². The smallest absolute Gasteiger partial charge is 0.322 e. The first-order chi connectivity index (χ1) is 8.56. The molecule has 1 rings (SSSR count). The Kier molecular flexibility index (Phi) is 6.07. The van der Waals surface area contributed by atoms with E-state index in [-0.39, 0.29) is 29.9 Å². The number of aromatic nitrogens is 3. The highest BCUT2D eigenvalue weighted by atomic mass is 35.5. The second-order valence-corrected chi connectivity index (χ2v) is 4.57. The number of halogens is 1. The summed E-state index contributed by atoms with van der Waals surface area (Å²) in [5.41, 5.74) is 0. The number of nitrogens with one attached hydrogen (secondary N) is 1. The second kappa shape index (κ2) is 7.33. The van der Waals surface area contributed by atoms with Crippen LogP contribution < -0.4 is 10.1 Å². The maximum Gasteiger partial charge on any atom is 0.322 e. The molecular weight excluding hydrogens is 256 g/mol. The van der Waals surface area contributed by atoms with Gasteiger partial charge in [0.1, 0.15) is 0 Å². The third-order valence-electron chi connectivity index (χ3n) is 2.34. The lowest BCUT2D eigenvalue weighted by Crippen LogP contribution is -2.30. The molecule has 0 aliphatic rings.